The molecule has 0 fully saturated rings. The fourth-order valence-electron chi connectivity index (χ4n) is 3.50. The first kappa shape index (κ1) is 22.8. The lowest BCUT2D eigenvalue weighted by Crippen LogP contribution is -2.07. The molecule has 0 radical (unpaired) electrons. The number of aromatic nitrogens is 2. The lowest BCUT2D eigenvalue weighted by molar-refractivity contribution is -0.130. The standard InChI is InChI=1S/C25H34N2O2/c1-3-5-6-7-8-9-11-14-20-18-26-24(27-19-20)23(25(28)29)17-21(4-2)22-15-12-10-13-16-22/h10,12-13,15-19,21H,3-9,11,14H2,1-2H3,(H,28,29)/b23-17+. The normalized spacial score (nSPS) is 12.7. The highest BCUT2D eigenvalue weighted by Gasteiger charge is 2.17. The SMILES string of the molecule is CCCCCCCCCc1cnc(/C(=C\C(CC)c2ccccc2)C(=O)O)nc1. The van der Waals surface area contributed by atoms with E-state index in [-0.39, 0.29) is 17.3 Å². The number of carbonyl (C=O) groups is 1. The first-order valence-electron chi connectivity index (χ1n) is 11.0. The molecule has 0 aliphatic rings. The van der Waals surface area contributed by atoms with Crippen molar-refractivity contribution in [3.63, 3.8) is 0 Å². The first-order chi connectivity index (χ1) is 14.2. The molecule has 2 rings (SSSR count). The highest BCUT2D eigenvalue weighted by atomic mass is 16.4. The Bertz CT molecular complexity index is 754. The van der Waals surface area contributed by atoms with Gasteiger partial charge < -0.3 is 5.11 Å². The van der Waals surface area contributed by atoms with Gasteiger partial charge in [0.15, 0.2) is 5.82 Å². The van der Waals surface area contributed by atoms with Crippen molar-refractivity contribution < 1.29 is 9.90 Å². The maximum atomic E-state index is 11.8. The van der Waals surface area contributed by atoms with Crippen LogP contribution in [0.3, 0.4) is 0 Å². The molecule has 0 saturated heterocycles. The van der Waals surface area contributed by atoms with Crippen molar-refractivity contribution >= 4 is 11.5 Å². The van der Waals surface area contributed by atoms with Crippen LogP contribution < -0.4 is 0 Å². The van der Waals surface area contributed by atoms with Crippen molar-refractivity contribution in [2.45, 2.75) is 77.6 Å². The average molecular weight is 395 g/mol. The summed E-state index contributed by atoms with van der Waals surface area (Å²) < 4.78 is 0. The van der Waals surface area contributed by atoms with Crippen molar-refractivity contribution in [1.29, 1.82) is 0 Å². The molecule has 0 spiro atoms. The van der Waals surface area contributed by atoms with E-state index in [1.54, 1.807) is 18.5 Å². The Morgan fingerprint density at radius 2 is 1.59 bits per heavy atom. The number of allylic oxidation sites excluding steroid dienone is 1. The Labute approximate surface area is 175 Å². The molecule has 1 aromatic carbocycles. The summed E-state index contributed by atoms with van der Waals surface area (Å²) in [5, 5.41) is 9.70. The van der Waals surface area contributed by atoms with E-state index in [2.05, 4.69) is 23.8 Å². The van der Waals surface area contributed by atoms with Crippen LogP contribution in [0.2, 0.25) is 0 Å². The third kappa shape index (κ3) is 7.80. The summed E-state index contributed by atoms with van der Waals surface area (Å²) in [6, 6.07) is 9.96. The van der Waals surface area contributed by atoms with Gasteiger partial charge in [0.05, 0.1) is 0 Å². The van der Waals surface area contributed by atoms with Gasteiger partial charge in [-0.05, 0) is 30.4 Å². The summed E-state index contributed by atoms with van der Waals surface area (Å²) in [6.45, 7) is 4.29. The Hall–Kier alpha value is -2.49. The van der Waals surface area contributed by atoms with Gasteiger partial charge in [0, 0.05) is 18.3 Å². The Kier molecular flexibility index (Phi) is 10.1. The van der Waals surface area contributed by atoms with Gasteiger partial charge in [0.2, 0.25) is 0 Å². The highest BCUT2D eigenvalue weighted by Crippen LogP contribution is 2.25. The molecule has 2 aromatic rings. The van der Waals surface area contributed by atoms with E-state index in [9.17, 15) is 9.90 Å². The smallest absolute Gasteiger partial charge is 0.339 e. The average Bonchev–Trinajstić information content (AvgIpc) is 2.75. The second-order valence-electron chi connectivity index (χ2n) is 7.60. The maximum absolute atomic E-state index is 11.8. The minimum absolute atomic E-state index is 0.0262. The first-order valence-corrected chi connectivity index (χ1v) is 11.0. The summed E-state index contributed by atoms with van der Waals surface area (Å²) in [5.41, 5.74) is 2.34. The molecule has 0 saturated carbocycles. The molecular weight excluding hydrogens is 360 g/mol. The number of carboxylic acid groups (broad SMARTS) is 1. The molecule has 1 unspecified atom stereocenters. The zero-order valence-corrected chi connectivity index (χ0v) is 17.8. The van der Waals surface area contributed by atoms with Crippen molar-refractivity contribution in [3.05, 3.63) is 65.8 Å². The molecule has 1 aromatic heterocycles. The maximum Gasteiger partial charge on any atom is 0.339 e. The Morgan fingerprint density at radius 1 is 0.966 bits per heavy atom. The molecule has 0 aliphatic heterocycles. The van der Waals surface area contributed by atoms with Crippen LogP contribution in [0.1, 0.15) is 88.1 Å². The Morgan fingerprint density at radius 3 is 2.17 bits per heavy atom. The summed E-state index contributed by atoms with van der Waals surface area (Å²) >= 11 is 0. The van der Waals surface area contributed by atoms with Gasteiger partial charge in [-0.1, -0.05) is 88.8 Å². The lowest BCUT2D eigenvalue weighted by atomic mass is 9.94. The van der Waals surface area contributed by atoms with Crippen LogP contribution in [0.15, 0.2) is 48.8 Å². The molecule has 0 amide bonds. The van der Waals surface area contributed by atoms with Gasteiger partial charge in [-0.3, -0.25) is 0 Å². The number of aliphatic carboxylic acids is 1. The van der Waals surface area contributed by atoms with Crippen LogP contribution in [-0.2, 0) is 11.2 Å². The van der Waals surface area contributed by atoms with E-state index in [1.807, 2.05) is 30.3 Å². The zero-order valence-electron chi connectivity index (χ0n) is 17.8. The van der Waals surface area contributed by atoms with E-state index in [1.165, 1.54) is 38.5 Å². The van der Waals surface area contributed by atoms with Gasteiger partial charge in [-0.15, -0.1) is 0 Å². The number of nitrogens with zero attached hydrogens (tertiary/aromatic N) is 2. The van der Waals surface area contributed by atoms with Crippen LogP contribution in [-0.4, -0.2) is 21.0 Å². The third-order valence-corrected chi connectivity index (χ3v) is 5.28. The van der Waals surface area contributed by atoms with Gasteiger partial charge in [-0.25, -0.2) is 14.8 Å². The minimum atomic E-state index is -0.987. The van der Waals surface area contributed by atoms with E-state index in [0.29, 0.717) is 0 Å². The topological polar surface area (TPSA) is 63.1 Å². The van der Waals surface area contributed by atoms with E-state index in [0.717, 1.165) is 30.4 Å². The van der Waals surface area contributed by atoms with Crippen LogP contribution in [0, 0.1) is 0 Å². The van der Waals surface area contributed by atoms with Gasteiger partial charge in [0.25, 0.3) is 0 Å². The molecule has 0 bridgehead atoms. The molecule has 156 valence electrons. The largest absolute Gasteiger partial charge is 0.478 e. The number of benzene rings is 1. The van der Waals surface area contributed by atoms with Crippen molar-refractivity contribution in [3.8, 4) is 0 Å². The Balaban J connectivity index is 1.98. The molecule has 4 heteroatoms. The quantitative estimate of drug-likeness (QED) is 0.314. The summed E-state index contributed by atoms with van der Waals surface area (Å²) in [5.74, 6) is -0.673. The van der Waals surface area contributed by atoms with E-state index in [4.69, 9.17) is 0 Å². The molecule has 0 aliphatic carbocycles. The van der Waals surface area contributed by atoms with Crippen molar-refractivity contribution in [1.82, 2.24) is 9.97 Å². The molecule has 1 heterocycles. The van der Waals surface area contributed by atoms with Crippen molar-refractivity contribution in [2.24, 2.45) is 0 Å². The van der Waals surface area contributed by atoms with Gasteiger partial charge in [-0.2, -0.15) is 0 Å². The number of hydrogen-bond donors (Lipinski definition) is 1. The predicted molar refractivity (Wildman–Crippen MR) is 119 cm³/mol. The molecule has 1 atom stereocenters. The molecule has 29 heavy (non-hydrogen) atoms. The van der Waals surface area contributed by atoms with Gasteiger partial charge >= 0.3 is 5.97 Å². The van der Waals surface area contributed by atoms with Crippen LogP contribution in [0.5, 0.6) is 0 Å². The molecule has 4 nitrogen and oxygen atoms in total. The van der Waals surface area contributed by atoms with E-state index >= 15 is 0 Å². The molecule has 1 N–H and O–H groups in total. The zero-order chi connectivity index (χ0) is 20.9. The lowest BCUT2D eigenvalue weighted by Gasteiger charge is -2.12. The van der Waals surface area contributed by atoms with Crippen LogP contribution in [0.25, 0.3) is 5.57 Å². The predicted octanol–water partition coefficient (Wildman–Crippen LogP) is 6.43. The van der Waals surface area contributed by atoms with Gasteiger partial charge in [0.1, 0.15) is 5.57 Å². The second kappa shape index (κ2) is 12.9. The van der Waals surface area contributed by atoms with E-state index < -0.39 is 5.97 Å². The highest BCUT2D eigenvalue weighted by molar-refractivity contribution is 6.14. The third-order valence-electron chi connectivity index (χ3n) is 5.28. The molecular formula is C25H34N2O2. The number of hydrogen-bond acceptors (Lipinski definition) is 3. The summed E-state index contributed by atoms with van der Waals surface area (Å²) in [6.07, 6.45) is 16.0. The fraction of sp³-hybridized carbons (Fsp3) is 0.480. The number of aryl methyl sites for hydroxylation is 1. The number of rotatable bonds is 13. The second-order valence-corrected chi connectivity index (χ2v) is 7.60. The van der Waals surface area contributed by atoms with Crippen LogP contribution >= 0.6 is 0 Å². The van der Waals surface area contributed by atoms with Crippen LogP contribution in [0.4, 0.5) is 0 Å². The number of unbranched alkanes of at least 4 members (excludes halogenated alkanes) is 6. The minimum Gasteiger partial charge on any atom is -0.478 e. The number of carboxylic acids is 1. The summed E-state index contributed by atoms with van der Waals surface area (Å²) in [7, 11) is 0. The monoisotopic (exact) mass is 394 g/mol. The van der Waals surface area contributed by atoms with Crippen molar-refractivity contribution in [2.75, 3.05) is 0 Å². The fourth-order valence-corrected chi connectivity index (χ4v) is 3.50. The summed E-state index contributed by atoms with van der Waals surface area (Å²) in [4.78, 5) is 20.6.